The van der Waals surface area contributed by atoms with Crippen molar-refractivity contribution >= 4 is 5.90 Å². The molecule has 14 heavy (non-hydrogen) atoms. The monoisotopic (exact) mass is 190 g/mol. The fraction of sp³-hybridized carbons (Fsp3) is 0.200. The van der Waals surface area contributed by atoms with Gasteiger partial charge in [0.1, 0.15) is 5.75 Å². The van der Waals surface area contributed by atoms with Gasteiger partial charge in [0.05, 0.1) is 14.2 Å². The number of nitrogens with zero attached hydrogens (tertiary/aromatic N) is 2. The van der Waals surface area contributed by atoms with E-state index in [2.05, 4.69) is 4.99 Å². The van der Waals surface area contributed by atoms with Crippen LogP contribution >= 0.6 is 0 Å². The highest BCUT2D eigenvalue weighted by atomic mass is 16.5. The lowest BCUT2D eigenvalue weighted by Gasteiger charge is -2.04. The third-order valence-electron chi connectivity index (χ3n) is 1.66. The minimum atomic E-state index is 0.284. The van der Waals surface area contributed by atoms with Gasteiger partial charge in [-0.05, 0) is 18.2 Å². The van der Waals surface area contributed by atoms with Crippen molar-refractivity contribution in [2.45, 2.75) is 0 Å². The van der Waals surface area contributed by atoms with Crippen molar-refractivity contribution in [2.75, 3.05) is 14.2 Å². The fourth-order valence-electron chi connectivity index (χ4n) is 1.03. The van der Waals surface area contributed by atoms with Crippen LogP contribution in [0, 0.1) is 11.5 Å². The Morgan fingerprint density at radius 2 is 2.21 bits per heavy atom. The first-order valence-electron chi connectivity index (χ1n) is 3.97. The number of methoxy groups -OCH3 is 2. The summed E-state index contributed by atoms with van der Waals surface area (Å²) in [6.07, 6.45) is 1.68. The molecule has 0 aliphatic rings. The van der Waals surface area contributed by atoms with Crippen LogP contribution in [0.3, 0.4) is 0 Å². The second-order valence-electron chi connectivity index (χ2n) is 2.45. The van der Waals surface area contributed by atoms with Crippen LogP contribution in [0.5, 0.6) is 5.75 Å². The van der Waals surface area contributed by atoms with E-state index < -0.39 is 0 Å². The molecule has 0 unspecified atom stereocenters. The van der Waals surface area contributed by atoms with Gasteiger partial charge in [-0.1, -0.05) is 6.07 Å². The fourth-order valence-corrected chi connectivity index (χ4v) is 1.03. The van der Waals surface area contributed by atoms with Crippen molar-refractivity contribution in [3.63, 3.8) is 0 Å². The van der Waals surface area contributed by atoms with Gasteiger partial charge < -0.3 is 9.47 Å². The van der Waals surface area contributed by atoms with Crippen molar-refractivity contribution < 1.29 is 9.47 Å². The summed E-state index contributed by atoms with van der Waals surface area (Å²) >= 11 is 0. The van der Waals surface area contributed by atoms with E-state index in [-0.39, 0.29) is 5.90 Å². The predicted molar refractivity (Wildman–Crippen MR) is 52.2 cm³/mol. The van der Waals surface area contributed by atoms with Crippen LogP contribution in [-0.4, -0.2) is 20.1 Å². The van der Waals surface area contributed by atoms with Crippen molar-refractivity contribution in [3.8, 4) is 11.9 Å². The second-order valence-corrected chi connectivity index (χ2v) is 2.45. The van der Waals surface area contributed by atoms with Crippen LogP contribution in [0.15, 0.2) is 29.3 Å². The molecule has 0 fully saturated rings. The molecule has 0 amide bonds. The molecule has 0 N–H and O–H groups in total. The van der Waals surface area contributed by atoms with Gasteiger partial charge in [0, 0.05) is 5.56 Å². The Bertz CT molecular complexity index is 380. The Kier molecular flexibility index (Phi) is 3.50. The summed E-state index contributed by atoms with van der Waals surface area (Å²) in [5.41, 5.74) is 0.716. The maximum Gasteiger partial charge on any atom is 0.231 e. The standard InChI is InChI=1S/C10H10N2O2/c1-13-9-5-3-4-8(6-9)10(14-2)12-7-11/h3-6H,1-2H3. The van der Waals surface area contributed by atoms with Gasteiger partial charge in [0.15, 0.2) is 0 Å². The van der Waals surface area contributed by atoms with Crippen molar-refractivity contribution in [1.29, 1.82) is 5.26 Å². The van der Waals surface area contributed by atoms with E-state index in [1.165, 1.54) is 7.11 Å². The van der Waals surface area contributed by atoms with E-state index in [1.54, 1.807) is 31.5 Å². The average molecular weight is 190 g/mol. The Labute approximate surface area is 82.4 Å². The number of rotatable bonds is 2. The maximum atomic E-state index is 8.41. The lowest BCUT2D eigenvalue weighted by Crippen LogP contribution is -2.02. The molecule has 1 aromatic rings. The van der Waals surface area contributed by atoms with Crippen molar-refractivity contribution in [1.82, 2.24) is 0 Å². The number of hydrogen-bond donors (Lipinski definition) is 0. The number of ether oxygens (including phenoxy) is 2. The van der Waals surface area contributed by atoms with Gasteiger partial charge in [-0.15, -0.1) is 4.99 Å². The summed E-state index contributed by atoms with van der Waals surface area (Å²) < 4.78 is 9.98. The summed E-state index contributed by atoms with van der Waals surface area (Å²) in [5.74, 6) is 0.983. The highest BCUT2D eigenvalue weighted by molar-refractivity contribution is 5.94. The first-order valence-corrected chi connectivity index (χ1v) is 3.97. The molecule has 0 radical (unpaired) electrons. The summed E-state index contributed by atoms with van der Waals surface area (Å²) in [6.45, 7) is 0. The van der Waals surface area contributed by atoms with Gasteiger partial charge in [0.25, 0.3) is 0 Å². The molecule has 1 aromatic carbocycles. The Morgan fingerprint density at radius 3 is 2.79 bits per heavy atom. The molecule has 0 aromatic heterocycles. The summed E-state index contributed by atoms with van der Waals surface area (Å²) in [6, 6.07) is 7.16. The zero-order chi connectivity index (χ0) is 10.4. The van der Waals surface area contributed by atoms with Gasteiger partial charge >= 0.3 is 0 Å². The van der Waals surface area contributed by atoms with E-state index in [1.807, 2.05) is 6.07 Å². The van der Waals surface area contributed by atoms with Gasteiger partial charge in [-0.25, -0.2) is 0 Å². The van der Waals surface area contributed by atoms with E-state index >= 15 is 0 Å². The maximum absolute atomic E-state index is 8.41. The molecular weight excluding hydrogens is 180 g/mol. The number of hydrogen-bond acceptors (Lipinski definition) is 4. The normalized spacial score (nSPS) is 10.5. The zero-order valence-electron chi connectivity index (χ0n) is 8.02. The summed E-state index contributed by atoms with van der Waals surface area (Å²) in [4.78, 5) is 3.53. The van der Waals surface area contributed by atoms with Crippen LogP contribution in [-0.2, 0) is 4.74 Å². The van der Waals surface area contributed by atoms with Crippen LogP contribution in [0.1, 0.15) is 5.56 Å². The SMILES string of the molecule is COC(=NC#N)c1cccc(OC)c1. The molecule has 0 spiro atoms. The lowest BCUT2D eigenvalue weighted by atomic mass is 10.2. The highest BCUT2D eigenvalue weighted by Crippen LogP contribution is 2.13. The van der Waals surface area contributed by atoms with Crippen LogP contribution in [0.25, 0.3) is 0 Å². The first kappa shape index (κ1) is 10.1. The van der Waals surface area contributed by atoms with E-state index in [9.17, 15) is 0 Å². The molecule has 1 rings (SSSR count). The number of benzene rings is 1. The molecule has 0 aliphatic heterocycles. The van der Waals surface area contributed by atoms with Crippen molar-refractivity contribution in [3.05, 3.63) is 29.8 Å². The third-order valence-corrected chi connectivity index (χ3v) is 1.66. The molecular formula is C10H10N2O2. The quantitative estimate of drug-likeness (QED) is 0.404. The topological polar surface area (TPSA) is 54.6 Å². The molecule has 4 heteroatoms. The zero-order valence-corrected chi connectivity index (χ0v) is 8.02. The van der Waals surface area contributed by atoms with E-state index in [0.717, 1.165) is 0 Å². The summed E-state index contributed by atoms with van der Waals surface area (Å²) in [5, 5.41) is 8.41. The molecule has 72 valence electrons. The van der Waals surface area contributed by atoms with Gasteiger partial charge in [0.2, 0.25) is 12.1 Å². The third kappa shape index (κ3) is 2.23. The second kappa shape index (κ2) is 4.87. The van der Waals surface area contributed by atoms with Crippen LogP contribution in [0.4, 0.5) is 0 Å². The average Bonchev–Trinajstić information content (AvgIpc) is 2.26. The molecule has 0 saturated carbocycles. The minimum Gasteiger partial charge on any atom is -0.497 e. The lowest BCUT2D eigenvalue weighted by molar-refractivity contribution is 0.402. The molecule has 0 aliphatic carbocycles. The molecule has 0 atom stereocenters. The highest BCUT2D eigenvalue weighted by Gasteiger charge is 2.03. The van der Waals surface area contributed by atoms with Crippen LogP contribution in [0.2, 0.25) is 0 Å². The summed E-state index contributed by atoms with van der Waals surface area (Å²) in [7, 11) is 3.04. The Hall–Kier alpha value is -2.02. The number of aliphatic imine (C=N–C) groups is 1. The first-order chi connectivity index (χ1) is 6.81. The van der Waals surface area contributed by atoms with Gasteiger partial charge in [-0.3, -0.25) is 0 Å². The van der Waals surface area contributed by atoms with Crippen molar-refractivity contribution in [2.24, 2.45) is 4.99 Å². The molecule has 4 nitrogen and oxygen atoms in total. The van der Waals surface area contributed by atoms with Crippen LogP contribution < -0.4 is 4.74 Å². The molecule has 0 saturated heterocycles. The largest absolute Gasteiger partial charge is 0.497 e. The van der Waals surface area contributed by atoms with E-state index in [0.29, 0.717) is 11.3 Å². The van der Waals surface area contributed by atoms with E-state index in [4.69, 9.17) is 14.7 Å². The predicted octanol–water partition coefficient (Wildman–Crippen LogP) is 1.57. The molecule has 0 heterocycles. The number of nitriles is 1. The Balaban J connectivity index is 3.06. The minimum absolute atomic E-state index is 0.284. The smallest absolute Gasteiger partial charge is 0.231 e. The van der Waals surface area contributed by atoms with Gasteiger partial charge in [-0.2, -0.15) is 5.26 Å². The Morgan fingerprint density at radius 1 is 1.43 bits per heavy atom. The molecule has 0 bridgehead atoms.